The van der Waals surface area contributed by atoms with E-state index >= 15 is 0 Å². The molecule has 32 heavy (non-hydrogen) atoms. The van der Waals surface area contributed by atoms with Gasteiger partial charge in [0.15, 0.2) is 0 Å². The summed E-state index contributed by atoms with van der Waals surface area (Å²) < 4.78 is 0. The molecule has 7 heteroatoms. The number of carbonyl (C=O) groups is 3. The van der Waals surface area contributed by atoms with Crippen molar-refractivity contribution in [2.75, 3.05) is 10.6 Å². The van der Waals surface area contributed by atoms with E-state index < -0.39 is 6.04 Å². The molecule has 0 radical (unpaired) electrons. The van der Waals surface area contributed by atoms with E-state index in [1.807, 2.05) is 43.3 Å². The number of benzene rings is 3. The molecule has 6 nitrogen and oxygen atoms in total. The van der Waals surface area contributed by atoms with Crippen molar-refractivity contribution in [2.45, 2.75) is 26.3 Å². The lowest BCUT2D eigenvalue weighted by Crippen LogP contribution is -2.31. The number of aryl methyl sites for hydroxylation is 1. The van der Waals surface area contributed by atoms with Gasteiger partial charge in [0.2, 0.25) is 11.8 Å². The Balaban J connectivity index is 1.81. The van der Waals surface area contributed by atoms with Crippen LogP contribution in [-0.2, 0) is 9.59 Å². The van der Waals surface area contributed by atoms with E-state index in [4.69, 9.17) is 11.6 Å². The normalized spacial score (nSPS) is 11.3. The number of amides is 3. The zero-order valence-corrected chi connectivity index (χ0v) is 18.6. The summed E-state index contributed by atoms with van der Waals surface area (Å²) in [7, 11) is 0. The maximum Gasteiger partial charge on any atom is 0.253 e. The zero-order valence-electron chi connectivity index (χ0n) is 17.8. The highest BCUT2D eigenvalue weighted by atomic mass is 35.5. The second-order valence-corrected chi connectivity index (χ2v) is 7.81. The Labute approximate surface area is 192 Å². The van der Waals surface area contributed by atoms with Gasteiger partial charge >= 0.3 is 0 Å². The molecule has 0 bridgehead atoms. The van der Waals surface area contributed by atoms with Crippen LogP contribution >= 0.6 is 11.6 Å². The number of carbonyl (C=O) groups excluding carboxylic acids is 3. The van der Waals surface area contributed by atoms with Crippen molar-refractivity contribution < 1.29 is 14.4 Å². The molecule has 164 valence electrons. The fourth-order valence-electron chi connectivity index (χ4n) is 3.27. The molecule has 3 N–H and O–H groups in total. The summed E-state index contributed by atoms with van der Waals surface area (Å²) in [6.07, 6.45) is -0.00629. The molecule has 0 aromatic heterocycles. The minimum Gasteiger partial charge on any atom is -0.345 e. The molecular weight excluding hydrogens is 426 g/mol. The van der Waals surface area contributed by atoms with Crippen molar-refractivity contribution in [3.63, 3.8) is 0 Å². The fraction of sp³-hybridized carbons (Fsp3) is 0.160. The molecule has 0 fully saturated rings. The average Bonchev–Trinajstić information content (AvgIpc) is 2.76. The van der Waals surface area contributed by atoms with E-state index in [0.29, 0.717) is 22.0 Å². The van der Waals surface area contributed by atoms with Crippen LogP contribution in [0.2, 0.25) is 5.02 Å². The monoisotopic (exact) mass is 449 g/mol. The van der Waals surface area contributed by atoms with Gasteiger partial charge in [0.05, 0.1) is 34.4 Å². The highest BCUT2D eigenvalue weighted by Gasteiger charge is 2.21. The molecule has 0 aliphatic carbocycles. The van der Waals surface area contributed by atoms with Crippen molar-refractivity contribution in [2.24, 2.45) is 0 Å². The van der Waals surface area contributed by atoms with Crippen molar-refractivity contribution in [3.05, 3.63) is 94.5 Å². The molecular formula is C25H24ClN3O3. The Morgan fingerprint density at radius 3 is 2.25 bits per heavy atom. The summed E-state index contributed by atoms with van der Waals surface area (Å²) in [6, 6.07) is 20.8. The van der Waals surface area contributed by atoms with Gasteiger partial charge in [-0.15, -0.1) is 0 Å². The molecule has 0 spiro atoms. The SMILES string of the molecule is CC(=O)Nc1ccc(C)cc1NC(=O)CC(NC(=O)c1ccccc1Cl)c1ccccc1. The molecule has 0 saturated heterocycles. The Kier molecular flexibility index (Phi) is 7.63. The third kappa shape index (κ3) is 6.18. The lowest BCUT2D eigenvalue weighted by molar-refractivity contribution is -0.117. The predicted octanol–water partition coefficient (Wildman–Crippen LogP) is 5.11. The summed E-state index contributed by atoms with van der Waals surface area (Å²) in [5.41, 5.74) is 3.06. The number of nitrogens with one attached hydrogen (secondary N) is 3. The molecule has 0 heterocycles. The number of halogens is 1. The molecule has 0 aliphatic rings. The number of hydrogen-bond donors (Lipinski definition) is 3. The second kappa shape index (κ2) is 10.6. The van der Waals surface area contributed by atoms with Gasteiger partial charge < -0.3 is 16.0 Å². The molecule has 3 aromatic rings. The van der Waals surface area contributed by atoms with Crippen molar-refractivity contribution in [3.8, 4) is 0 Å². The molecule has 3 amide bonds. The van der Waals surface area contributed by atoms with Gasteiger partial charge in [0.25, 0.3) is 5.91 Å². The third-order valence-electron chi connectivity index (χ3n) is 4.78. The molecule has 0 saturated carbocycles. The van der Waals surface area contributed by atoms with Gasteiger partial charge in [-0.05, 0) is 42.3 Å². The number of anilines is 2. The molecule has 3 aromatic carbocycles. The van der Waals surface area contributed by atoms with Gasteiger partial charge in [0.1, 0.15) is 0 Å². The molecule has 3 rings (SSSR count). The topological polar surface area (TPSA) is 87.3 Å². The van der Waals surface area contributed by atoms with E-state index in [9.17, 15) is 14.4 Å². The van der Waals surface area contributed by atoms with Crippen molar-refractivity contribution >= 4 is 40.7 Å². The average molecular weight is 450 g/mol. The van der Waals surface area contributed by atoms with Crippen LogP contribution in [0.5, 0.6) is 0 Å². The first-order valence-corrected chi connectivity index (χ1v) is 10.5. The minimum atomic E-state index is -0.575. The van der Waals surface area contributed by atoms with E-state index in [-0.39, 0.29) is 24.1 Å². The minimum absolute atomic E-state index is 0.00629. The van der Waals surface area contributed by atoms with E-state index in [0.717, 1.165) is 11.1 Å². The van der Waals surface area contributed by atoms with Crippen molar-refractivity contribution in [1.29, 1.82) is 0 Å². The lowest BCUT2D eigenvalue weighted by Gasteiger charge is -2.20. The van der Waals surface area contributed by atoms with Gasteiger partial charge in [-0.25, -0.2) is 0 Å². The summed E-state index contributed by atoms with van der Waals surface area (Å²) in [4.78, 5) is 37.3. The van der Waals surface area contributed by atoms with Crippen LogP contribution in [0.15, 0.2) is 72.8 Å². The van der Waals surface area contributed by atoms with Crippen LogP contribution in [0.3, 0.4) is 0 Å². The molecule has 1 unspecified atom stereocenters. The first kappa shape index (κ1) is 23.0. The number of hydrogen-bond acceptors (Lipinski definition) is 3. The van der Waals surface area contributed by atoms with E-state index in [1.165, 1.54) is 6.92 Å². The Morgan fingerprint density at radius 1 is 0.875 bits per heavy atom. The highest BCUT2D eigenvalue weighted by Crippen LogP contribution is 2.25. The maximum atomic E-state index is 12.9. The second-order valence-electron chi connectivity index (χ2n) is 7.40. The zero-order chi connectivity index (χ0) is 23.1. The Bertz CT molecular complexity index is 1130. The van der Waals surface area contributed by atoms with Crippen LogP contribution in [0.4, 0.5) is 11.4 Å². The lowest BCUT2D eigenvalue weighted by atomic mass is 10.0. The van der Waals surface area contributed by atoms with Gasteiger partial charge in [-0.2, -0.15) is 0 Å². The summed E-state index contributed by atoms with van der Waals surface area (Å²) in [5, 5.41) is 8.81. The van der Waals surface area contributed by atoms with Crippen molar-refractivity contribution in [1.82, 2.24) is 5.32 Å². The first-order chi connectivity index (χ1) is 15.3. The molecule has 1 atom stereocenters. The van der Waals surface area contributed by atoms with Crippen LogP contribution in [-0.4, -0.2) is 17.7 Å². The Morgan fingerprint density at radius 2 is 1.56 bits per heavy atom. The van der Waals surface area contributed by atoms with Crippen LogP contribution in [0.25, 0.3) is 0 Å². The summed E-state index contributed by atoms with van der Waals surface area (Å²) in [5.74, 6) is -0.916. The van der Waals surface area contributed by atoms with Crippen LogP contribution in [0.1, 0.15) is 40.9 Å². The quantitative estimate of drug-likeness (QED) is 0.468. The smallest absolute Gasteiger partial charge is 0.253 e. The highest BCUT2D eigenvalue weighted by molar-refractivity contribution is 6.33. The van der Waals surface area contributed by atoms with Crippen LogP contribution < -0.4 is 16.0 Å². The molecule has 0 aliphatic heterocycles. The summed E-state index contributed by atoms with van der Waals surface area (Å²) in [6.45, 7) is 3.30. The third-order valence-corrected chi connectivity index (χ3v) is 5.10. The largest absolute Gasteiger partial charge is 0.345 e. The van der Waals surface area contributed by atoms with E-state index in [1.54, 1.807) is 36.4 Å². The Hall–Kier alpha value is -3.64. The standard InChI is InChI=1S/C25H24ClN3O3/c1-16-12-13-21(27-17(2)30)23(14-16)28-24(31)15-22(18-8-4-3-5-9-18)29-25(32)19-10-6-7-11-20(19)26/h3-14,22H,15H2,1-2H3,(H,27,30)(H,28,31)(H,29,32). The van der Waals surface area contributed by atoms with Crippen LogP contribution in [0, 0.1) is 6.92 Å². The maximum absolute atomic E-state index is 12.9. The van der Waals surface area contributed by atoms with Gasteiger partial charge in [-0.1, -0.05) is 60.1 Å². The summed E-state index contributed by atoms with van der Waals surface area (Å²) >= 11 is 6.16. The van der Waals surface area contributed by atoms with Gasteiger partial charge in [-0.3, -0.25) is 14.4 Å². The predicted molar refractivity (Wildman–Crippen MR) is 127 cm³/mol. The number of rotatable bonds is 7. The van der Waals surface area contributed by atoms with E-state index in [2.05, 4.69) is 16.0 Å². The first-order valence-electron chi connectivity index (χ1n) is 10.1. The fourth-order valence-corrected chi connectivity index (χ4v) is 3.49. The van der Waals surface area contributed by atoms with Gasteiger partial charge in [0, 0.05) is 6.92 Å².